The van der Waals surface area contributed by atoms with E-state index in [9.17, 15) is 10.2 Å². The van der Waals surface area contributed by atoms with Crippen molar-refractivity contribution in [3.05, 3.63) is 90.5 Å². The molecule has 0 aliphatic carbocycles. The van der Waals surface area contributed by atoms with Crippen molar-refractivity contribution in [3.63, 3.8) is 0 Å². The average molecular weight is 519 g/mol. The third-order valence-electron chi connectivity index (χ3n) is 6.45. The number of aliphatic hydroxyl groups excluding tert-OH is 2. The molecular weight excluding hydrogens is 480 g/mol. The van der Waals surface area contributed by atoms with E-state index >= 15 is 0 Å². The summed E-state index contributed by atoms with van der Waals surface area (Å²) in [6.07, 6.45) is -1.36. The second kappa shape index (κ2) is 13.6. The minimum atomic E-state index is -2.66. The number of hydrogen-bond acceptors (Lipinski definition) is 5. The minimum Gasteiger partial charge on any atom is -0.497 e. The summed E-state index contributed by atoms with van der Waals surface area (Å²) < 4.78 is 17.9. The smallest absolute Gasteiger partial charge is 0.262 e. The molecule has 5 nitrogen and oxygen atoms in total. The maximum Gasteiger partial charge on any atom is 0.262 e. The first kappa shape index (κ1) is 28.6. The highest BCUT2D eigenvalue weighted by atomic mass is 28.4. The molecular formula is C31H38O5Si. The Labute approximate surface area is 222 Å². The lowest BCUT2D eigenvalue weighted by Gasteiger charge is -2.42. The molecule has 0 bridgehead atoms. The molecule has 0 aliphatic rings. The highest BCUT2D eigenvalue weighted by Crippen LogP contribution is 2.36. The predicted molar refractivity (Wildman–Crippen MR) is 151 cm³/mol. The van der Waals surface area contributed by atoms with Crippen LogP contribution < -0.4 is 15.1 Å². The van der Waals surface area contributed by atoms with Gasteiger partial charge in [-0.25, -0.2) is 0 Å². The lowest BCUT2D eigenvalue weighted by atomic mass is 10.1. The van der Waals surface area contributed by atoms with Crippen LogP contribution in [0.15, 0.2) is 84.9 Å². The number of rotatable bonds is 11. The summed E-state index contributed by atoms with van der Waals surface area (Å²) in [4.78, 5) is 0. The zero-order chi connectivity index (χ0) is 26.7. The molecule has 0 spiro atoms. The van der Waals surface area contributed by atoms with E-state index < -0.39 is 27.1 Å². The predicted octanol–water partition coefficient (Wildman–Crippen LogP) is 3.90. The van der Waals surface area contributed by atoms with Crippen LogP contribution in [0.25, 0.3) is 0 Å². The Morgan fingerprint density at radius 3 is 1.89 bits per heavy atom. The van der Waals surface area contributed by atoms with Crippen LogP contribution >= 0.6 is 0 Å². The van der Waals surface area contributed by atoms with Gasteiger partial charge >= 0.3 is 0 Å². The maximum atomic E-state index is 10.3. The molecule has 2 atom stereocenters. The largest absolute Gasteiger partial charge is 0.497 e. The van der Waals surface area contributed by atoms with Crippen molar-refractivity contribution < 1.29 is 24.1 Å². The van der Waals surface area contributed by atoms with Crippen LogP contribution in [0.2, 0.25) is 5.04 Å². The molecule has 6 heteroatoms. The van der Waals surface area contributed by atoms with Crippen molar-refractivity contribution in [3.8, 4) is 17.6 Å². The van der Waals surface area contributed by atoms with Crippen LogP contribution in [0.3, 0.4) is 0 Å². The fraction of sp³-hybridized carbons (Fsp3) is 0.355. The monoisotopic (exact) mass is 518 g/mol. The Balaban J connectivity index is 1.74. The topological polar surface area (TPSA) is 68.2 Å². The third-order valence-corrected chi connectivity index (χ3v) is 11.4. The molecule has 0 aliphatic heterocycles. The van der Waals surface area contributed by atoms with Gasteiger partial charge in [0.2, 0.25) is 0 Å². The van der Waals surface area contributed by atoms with Gasteiger partial charge in [-0.05, 0) is 33.1 Å². The molecule has 0 heterocycles. The molecule has 0 saturated heterocycles. The van der Waals surface area contributed by atoms with Crippen molar-refractivity contribution >= 4 is 18.7 Å². The highest BCUT2D eigenvalue weighted by Gasteiger charge is 2.49. The quantitative estimate of drug-likeness (QED) is 0.298. The molecule has 0 saturated carbocycles. The van der Waals surface area contributed by atoms with Gasteiger partial charge in [0.15, 0.2) is 0 Å². The van der Waals surface area contributed by atoms with Crippen LogP contribution in [-0.2, 0) is 15.8 Å². The van der Waals surface area contributed by atoms with Crippen LogP contribution in [0.4, 0.5) is 0 Å². The van der Waals surface area contributed by atoms with Gasteiger partial charge in [0.25, 0.3) is 8.32 Å². The number of ether oxygens (including phenoxy) is 2. The molecule has 0 radical (unpaired) electrons. The Morgan fingerprint density at radius 1 is 0.838 bits per heavy atom. The van der Waals surface area contributed by atoms with Crippen molar-refractivity contribution in [2.24, 2.45) is 0 Å². The zero-order valence-corrected chi connectivity index (χ0v) is 23.2. The molecule has 0 unspecified atom stereocenters. The van der Waals surface area contributed by atoms with E-state index in [0.717, 1.165) is 11.3 Å². The van der Waals surface area contributed by atoms with Gasteiger partial charge in [0.1, 0.15) is 11.9 Å². The maximum absolute atomic E-state index is 10.3. The second-order valence-corrected chi connectivity index (χ2v) is 14.3. The van der Waals surface area contributed by atoms with Crippen LogP contribution in [-0.4, -0.2) is 51.1 Å². The first-order valence-corrected chi connectivity index (χ1v) is 14.5. The van der Waals surface area contributed by atoms with E-state index in [1.54, 1.807) is 7.11 Å². The van der Waals surface area contributed by atoms with Gasteiger partial charge in [-0.3, -0.25) is 0 Å². The van der Waals surface area contributed by atoms with Gasteiger partial charge in [0.05, 0.1) is 33.0 Å². The molecule has 0 fully saturated rings. The Hall–Kier alpha value is -2.92. The first-order chi connectivity index (χ1) is 17.8. The third kappa shape index (κ3) is 7.32. The summed E-state index contributed by atoms with van der Waals surface area (Å²) in [5.41, 5.74) is 0.943. The van der Waals surface area contributed by atoms with E-state index in [2.05, 4.69) is 81.1 Å². The Kier molecular flexibility index (Phi) is 10.5. The molecule has 37 heavy (non-hydrogen) atoms. The summed E-state index contributed by atoms with van der Waals surface area (Å²) in [6, 6.07) is 28.4. The molecule has 3 rings (SSSR count). The van der Waals surface area contributed by atoms with Gasteiger partial charge < -0.3 is 24.1 Å². The second-order valence-electron chi connectivity index (χ2n) is 9.96. The van der Waals surface area contributed by atoms with Gasteiger partial charge in [0, 0.05) is 6.42 Å². The SMILES string of the molecule is COc1ccc(CO[C@H](CC#CCO[Si](c2ccccc2)(c2ccccc2)C(C)(C)C)[C@@H](O)CO)cc1. The summed E-state index contributed by atoms with van der Waals surface area (Å²) >= 11 is 0. The van der Waals surface area contributed by atoms with Crippen LogP contribution in [0.5, 0.6) is 5.75 Å². The number of aliphatic hydroxyl groups is 2. The number of benzene rings is 3. The highest BCUT2D eigenvalue weighted by molar-refractivity contribution is 6.99. The van der Waals surface area contributed by atoms with E-state index in [0.29, 0.717) is 6.61 Å². The summed E-state index contributed by atoms with van der Waals surface area (Å²) in [5.74, 6) is 7.03. The van der Waals surface area contributed by atoms with Crippen LogP contribution in [0.1, 0.15) is 32.8 Å². The average Bonchev–Trinajstić information content (AvgIpc) is 2.92. The minimum absolute atomic E-state index is 0.130. The number of methoxy groups -OCH3 is 1. The molecule has 196 valence electrons. The summed E-state index contributed by atoms with van der Waals surface area (Å²) in [6.45, 7) is 6.85. The fourth-order valence-electron chi connectivity index (χ4n) is 4.48. The molecule has 2 N–H and O–H groups in total. The molecule has 3 aromatic carbocycles. The van der Waals surface area contributed by atoms with Gasteiger partial charge in [-0.15, -0.1) is 0 Å². The van der Waals surface area contributed by atoms with E-state index in [1.807, 2.05) is 36.4 Å². The van der Waals surface area contributed by atoms with Gasteiger partial charge in [-0.1, -0.05) is 105 Å². The standard InChI is InChI=1S/C31H38O5Si/c1-31(2,3)37(27-13-7-5-8-14-27,28-15-9-6-10-16-28)36-22-12-11-17-30(29(33)23-32)35-24-25-18-20-26(34-4)21-19-25/h5-10,13-16,18-21,29-30,32-33H,17,22-24H2,1-4H3/t29-,30+/m0/s1. The first-order valence-electron chi connectivity index (χ1n) is 12.6. The van der Waals surface area contributed by atoms with Crippen molar-refractivity contribution in [2.45, 2.75) is 51.0 Å². The summed E-state index contributed by atoms with van der Waals surface area (Å²) in [7, 11) is -1.04. The zero-order valence-electron chi connectivity index (χ0n) is 22.2. The normalized spacial score (nSPS) is 13.4. The molecule has 0 aromatic heterocycles. The number of hydrogen-bond donors (Lipinski definition) is 2. The van der Waals surface area contributed by atoms with Crippen molar-refractivity contribution in [1.82, 2.24) is 0 Å². The Morgan fingerprint density at radius 2 is 1.41 bits per heavy atom. The van der Waals surface area contributed by atoms with Crippen LogP contribution in [0, 0.1) is 11.8 Å². The molecule has 3 aromatic rings. The van der Waals surface area contributed by atoms with Crippen molar-refractivity contribution in [1.29, 1.82) is 0 Å². The lowest BCUT2D eigenvalue weighted by Crippen LogP contribution is -2.66. The fourth-order valence-corrected chi connectivity index (χ4v) is 8.92. The van der Waals surface area contributed by atoms with Gasteiger partial charge in [-0.2, -0.15) is 0 Å². The van der Waals surface area contributed by atoms with E-state index in [4.69, 9.17) is 13.9 Å². The lowest BCUT2D eigenvalue weighted by molar-refractivity contribution is -0.0619. The summed E-state index contributed by atoms with van der Waals surface area (Å²) in [5, 5.41) is 22.1. The van der Waals surface area contributed by atoms with E-state index in [1.165, 1.54) is 10.4 Å². The molecule has 0 amide bonds. The Bertz CT molecular complexity index is 1090. The van der Waals surface area contributed by atoms with Crippen molar-refractivity contribution in [2.75, 3.05) is 20.3 Å². The van der Waals surface area contributed by atoms with E-state index in [-0.39, 0.29) is 18.1 Å².